The summed E-state index contributed by atoms with van der Waals surface area (Å²) in [4.78, 5) is 30.2. The van der Waals surface area contributed by atoms with Gasteiger partial charge in [0.15, 0.2) is 0 Å². The predicted octanol–water partition coefficient (Wildman–Crippen LogP) is 2.67. The highest BCUT2D eigenvalue weighted by molar-refractivity contribution is 6.23. The van der Waals surface area contributed by atoms with Gasteiger partial charge in [-0.2, -0.15) is 0 Å². The second-order valence-electron chi connectivity index (χ2n) is 8.58. The van der Waals surface area contributed by atoms with Crippen LogP contribution >= 0.6 is 0 Å². The number of fused-ring (bicyclic) bond motifs is 5. The number of aliphatic hydroxyl groups is 1. The lowest BCUT2D eigenvalue weighted by Gasteiger charge is -2.42. The van der Waals surface area contributed by atoms with Crippen LogP contribution in [-0.2, 0) is 16.1 Å². The van der Waals surface area contributed by atoms with Gasteiger partial charge in [-0.15, -0.1) is 0 Å². The molecule has 5 atom stereocenters. The van der Waals surface area contributed by atoms with Gasteiger partial charge >= 0.3 is 0 Å². The topological polar surface area (TPSA) is 60.9 Å². The number of hydrogen-bond acceptors (Lipinski definition) is 4. The van der Waals surface area contributed by atoms with E-state index < -0.39 is 23.5 Å². The zero-order chi connectivity index (χ0) is 20.3. The van der Waals surface area contributed by atoms with E-state index in [9.17, 15) is 14.7 Å². The van der Waals surface area contributed by atoms with E-state index in [0.717, 1.165) is 5.56 Å². The van der Waals surface area contributed by atoms with Crippen molar-refractivity contribution in [2.45, 2.75) is 38.1 Å². The first-order valence-corrected chi connectivity index (χ1v) is 10.0. The van der Waals surface area contributed by atoms with Gasteiger partial charge in [0.05, 0.1) is 29.2 Å². The molecule has 5 nitrogen and oxygen atoms in total. The summed E-state index contributed by atoms with van der Waals surface area (Å²) in [5, 5.41) is 11.2. The fourth-order valence-corrected chi connectivity index (χ4v) is 5.26. The van der Waals surface area contributed by atoms with Gasteiger partial charge in [0.25, 0.3) is 0 Å². The summed E-state index contributed by atoms with van der Waals surface area (Å²) in [6, 6.07) is 16.7. The summed E-state index contributed by atoms with van der Waals surface area (Å²) in [6.45, 7) is 4.37. The Kier molecular flexibility index (Phi) is 4.02. The van der Waals surface area contributed by atoms with Crippen molar-refractivity contribution in [2.75, 3.05) is 4.90 Å². The summed E-state index contributed by atoms with van der Waals surface area (Å²) in [5.74, 6) is -1.40. The number of amides is 2. The van der Waals surface area contributed by atoms with Crippen LogP contribution in [0.1, 0.15) is 18.1 Å². The zero-order valence-electron chi connectivity index (χ0n) is 16.5. The maximum Gasteiger partial charge on any atom is 0.239 e. The van der Waals surface area contributed by atoms with Gasteiger partial charge < -0.3 is 5.11 Å². The van der Waals surface area contributed by atoms with Crippen LogP contribution in [0.5, 0.6) is 0 Å². The molecule has 2 fully saturated rings. The largest absolute Gasteiger partial charge is 0.384 e. The minimum Gasteiger partial charge on any atom is -0.384 e. The van der Waals surface area contributed by atoms with E-state index in [1.807, 2.05) is 31.2 Å². The van der Waals surface area contributed by atoms with Gasteiger partial charge in [-0.25, -0.2) is 4.90 Å². The third-order valence-electron chi connectivity index (χ3n) is 6.58. The number of imide groups is 1. The smallest absolute Gasteiger partial charge is 0.239 e. The van der Waals surface area contributed by atoms with Crippen LogP contribution in [0.4, 0.5) is 5.69 Å². The van der Waals surface area contributed by atoms with Gasteiger partial charge in [0, 0.05) is 12.6 Å². The van der Waals surface area contributed by atoms with E-state index in [1.165, 1.54) is 10.5 Å². The Hall–Kier alpha value is -2.76. The average Bonchev–Trinajstić information content (AvgIpc) is 3.10. The molecule has 2 saturated heterocycles. The Morgan fingerprint density at radius 3 is 2.31 bits per heavy atom. The molecule has 0 radical (unpaired) electrons. The van der Waals surface area contributed by atoms with E-state index in [0.29, 0.717) is 12.2 Å². The Morgan fingerprint density at radius 2 is 1.62 bits per heavy atom. The molecule has 5 heteroatoms. The van der Waals surface area contributed by atoms with Crippen molar-refractivity contribution < 1.29 is 14.7 Å². The van der Waals surface area contributed by atoms with Crippen LogP contribution in [0.2, 0.25) is 0 Å². The van der Waals surface area contributed by atoms with Crippen LogP contribution in [-0.4, -0.2) is 39.5 Å². The van der Waals surface area contributed by atoms with Crippen LogP contribution in [0.15, 0.2) is 66.7 Å². The number of aryl methyl sites for hydroxylation is 1. The quantitative estimate of drug-likeness (QED) is 0.649. The fourth-order valence-electron chi connectivity index (χ4n) is 5.26. The van der Waals surface area contributed by atoms with Crippen molar-refractivity contribution in [1.82, 2.24) is 4.90 Å². The number of carbonyl (C=O) groups excluding carboxylic acids is 2. The van der Waals surface area contributed by atoms with E-state index in [1.54, 1.807) is 25.1 Å². The highest BCUT2D eigenvalue weighted by Crippen LogP contribution is 2.50. The lowest BCUT2D eigenvalue weighted by atomic mass is 9.84. The number of nitrogens with zero attached hydrogens (tertiary/aromatic N) is 2. The highest BCUT2D eigenvalue weighted by Gasteiger charge is 2.66. The molecular weight excluding hydrogens is 364 g/mol. The summed E-state index contributed by atoms with van der Waals surface area (Å²) < 4.78 is 0. The number of anilines is 1. The lowest BCUT2D eigenvalue weighted by molar-refractivity contribution is -0.125. The van der Waals surface area contributed by atoms with Crippen molar-refractivity contribution in [2.24, 2.45) is 11.8 Å². The van der Waals surface area contributed by atoms with Crippen molar-refractivity contribution in [1.29, 1.82) is 0 Å². The molecule has 3 aliphatic heterocycles. The Labute approximate surface area is 170 Å². The molecule has 2 aromatic carbocycles. The van der Waals surface area contributed by atoms with Crippen LogP contribution in [0.3, 0.4) is 0 Å². The van der Waals surface area contributed by atoms with Gasteiger partial charge in [-0.3, -0.25) is 14.5 Å². The van der Waals surface area contributed by atoms with Gasteiger partial charge in [0.2, 0.25) is 11.8 Å². The van der Waals surface area contributed by atoms with Crippen LogP contribution in [0.25, 0.3) is 0 Å². The molecule has 0 spiro atoms. The summed E-state index contributed by atoms with van der Waals surface area (Å²) >= 11 is 0. The molecule has 5 rings (SSSR count). The second kappa shape index (κ2) is 6.37. The third kappa shape index (κ3) is 2.69. The lowest BCUT2D eigenvalue weighted by Crippen LogP contribution is -2.55. The molecule has 2 aromatic rings. The minimum absolute atomic E-state index is 0.171. The minimum atomic E-state index is -1.18. The molecule has 3 aliphatic rings. The SMILES string of the molecule is Cc1ccc(CN2[C@H]3[C@H]4C(=O)N(c5ccccc5)C(=O)C4[C@@H]2C=CC3(C)O)cc1. The van der Waals surface area contributed by atoms with Gasteiger partial charge in [-0.1, -0.05) is 60.2 Å². The van der Waals surface area contributed by atoms with Crippen molar-refractivity contribution in [3.63, 3.8) is 0 Å². The van der Waals surface area contributed by atoms with Gasteiger partial charge in [-0.05, 0) is 31.5 Å². The monoisotopic (exact) mass is 388 g/mol. The molecule has 148 valence electrons. The molecule has 0 aromatic heterocycles. The molecule has 2 amide bonds. The molecule has 29 heavy (non-hydrogen) atoms. The average molecular weight is 388 g/mol. The number of carbonyl (C=O) groups is 2. The molecule has 0 aliphatic carbocycles. The van der Waals surface area contributed by atoms with E-state index >= 15 is 0 Å². The highest BCUT2D eigenvalue weighted by atomic mass is 16.3. The molecule has 3 heterocycles. The summed E-state index contributed by atoms with van der Waals surface area (Å²) in [7, 11) is 0. The summed E-state index contributed by atoms with van der Waals surface area (Å²) in [6.07, 6.45) is 3.68. The van der Waals surface area contributed by atoms with Crippen molar-refractivity contribution >= 4 is 17.5 Å². The fraction of sp³-hybridized carbons (Fsp3) is 0.333. The molecule has 0 saturated carbocycles. The third-order valence-corrected chi connectivity index (χ3v) is 6.58. The van der Waals surface area contributed by atoms with E-state index in [4.69, 9.17) is 0 Å². The first-order valence-electron chi connectivity index (χ1n) is 10.0. The maximum absolute atomic E-state index is 13.4. The molecular formula is C24H24N2O3. The first kappa shape index (κ1) is 18.3. The molecule has 1 N–H and O–H groups in total. The van der Waals surface area contributed by atoms with Crippen LogP contribution in [0, 0.1) is 18.8 Å². The van der Waals surface area contributed by atoms with E-state index in [2.05, 4.69) is 29.2 Å². The van der Waals surface area contributed by atoms with Gasteiger partial charge in [0.1, 0.15) is 0 Å². The van der Waals surface area contributed by atoms with Crippen molar-refractivity contribution in [3.05, 3.63) is 77.9 Å². The predicted molar refractivity (Wildman–Crippen MR) is 110 cm³/mol. The number of para-hydroxylation sites is 1. The Bertz CT molecular complexity index is 997. The maximum atomic E-state index is 13.4. The summed E-state index contributed by atoms with van der Waals surface area (Å²) in [5.41, 5.74) is 1.71. The second-order valence-corrected chi connectivity index (χ2v) is 8.58. The number of benzene rings is 2. The number of rotatable bonds is 3. The van der Waals surface area contributed by atoms with Crippen LogP contribution < -0.4 is 4.90 Å². The molecule has 2 unspecified atom stereocenters. The number of hydrogen-bond donors (Lipinski definition) is 1. The van der Waals surface area contributed by atoms with Crippen molar-refractivity contribution in [3.8, 4) is 0 Å². The first-order chi connectivity index (χ1) is 13.9. The normalized spacial score (nSPS) is 33.4. The molecule has 2 bridgehead atoms. The Balaban J connectivity index is 1.53. The standard InChI is InChI=1S/C24H24N2O3/c1-15-8-10-16(11-9-15)14-25-18-12-13-24(2,29)21(25)20-19(18)22(27)26(23(20)28)17-6-4-3-5-7-17/h3-13,18-21,29H,14H2,1-2H3/t18-,19?,20-,21-,24?/m0/s1. The van der Waals surface area contributed by atoms with E-state index in [-0.39, 0.29) is 17.9 Å². The Morgan fingerprint density at radius 1 is 0.966 bits per heavy atom. The zero-order valence-corrected chi connectivity index (χ0v) is 16.5.